The van der Waals surface area contributed by atoms with E-state index in [1.165, 1.54) is 6.92 Å². The van der Waals surface area contributed by atoms with Gasteiger partial charge in [-0.05, 0) is 6.42 Å². The van der Waals surface area contributed by atoms with Crippen molar-refractivity contribution in [1.82, 2.24) is 0 Å². The molecule has 0 aliphatic heterocycles. The van der Waals surface area contributed by atoms with Crippen LogP contribution in [0.3, 0.4) is 0 Å². The smallest absolute Gasteiger partial charge is 0.335 e. The number of carboxylic acids is 2. The highest BCUT2D eigenvalue weighted by molar-refractivity contribution is 7.54. The number of hydrogen-bond donors (Lipinski definition) is 2. The van der Waals surface area contributed by atoms with E-state index in [0.29, 0.717) is 0 Å². The van der Waals surface area contributed by atoms with Crippen LogP contribution < -0.4 is 0 Å². The van der Waals surface area contributed by atoms with Crippen LogP contribution in [-0.2, 0) is 32.7 Å². The third-order valence-corrected chi connectivity index (χ3v) is 5.49. The Bertz CT molecular complexity index is 422. The Morgan fingerprint density at radius 3 is 1.70 bits per heavy atom. The number of carbonyl (C=O) groups is 3. The standard InChI is InChI=1S/C10H17O9P/c1-5-6(20(16,18-3)19-4)10(7(11)12,8(13)14)9(15)17-2/h6H,5H2,1-4H3,(H,11,12)(H,13,14). The number of carbonyl (C=O) groups excluding carboxylic acids is 1. The van der Waals surface area contributed by atoms with Gasteiger partial charge in [0, 0.05) is 14.2 Å². The fraction of sp³-hybridized carbons (Fsp3) is 0.700. The van der Waals surface area contributed by atoms with Crippen molar-refractivity contribution in [3.8, 4) is 0 Å². The fourth-order valence-corrected chi connectivity index (χ4v) is 3.85. The second-order valence-electron chi connectivity index (χ2n) is 3.74. The average molecular weight is 312 g/mol. The number of hydrogen-bond acceptors (Lipinski definition) is 7. The molecule has 0 saturated carbocycles. The first-order valence-electron chi connectivity index (χ1n) is 5.45. The lowest BCUT2D eigenvalue weighted by molar-refractivity contribution is -0.178. The highest BCUT2D eigenvalue weighted by atomic mass is 31.2. The molecule has 2 N–H and O–H groups in total. The Morgan fingerprint density at radius 2 is 1.50 bits per heavy atom. The summed E-state index contributed by atoms with van der Waals surface area (Å²) in [5, 5.41) is 18.5. The van der Waals surface area contributed by atoms with E-state index in [9.17, 15) is 29.2 Å². The van der Waals surface area contributed by atoms with Crippen molar-refractivity contribution in [1.29, 1.82) is 0 Å². The van der Waals surface area contributed by atoms with Gasteiger partial charge in [0.1, 0.15) is 0 Å². The summed E-state index contributed by atoms with van der Waals surface area (Å²) < 4.78 is 25.9. The minimum Gasteiger partial charge on any atom is -0.480 e. The molecule has 0 radical (unpaired) electrons. The number of esters is 1. The van der Waals surface area contributed by atoms with Crippen molar-refractivity contribution in [2.75, 3.05) is 21.3 Å². The highest BCUT2D eigenvalue weighted by Crippen LogP contribution is 2.59. The Kier molecular flexibility index (Phi) is 6.33. The molecule has 0 amide bonds. The Labute approximate surface area is 115 Å². The van der Waals surface area contributed by atoms with Gasteiger partial charge in [-0.15, -0.1) is 0 Å². The average Bonchev–Trinajstić information content (AvgIpc) is 2.41. The summed E-state index contributed by atoms with van der Waals surface area (Å²) in [6.07, 6.45) is -0.257. The molecule has 0 spiro atoms. The molecule has 0 bridgehead atoms. The van der Waals surface area contributed by atoms with E-state index < -0.39 is 36.6 Å². The van der Waals surface area contributed by atoms with E-state index in [0.717, 1.165) is 21.3 Å². The number of ether oxygens (including phenoxy) is 1. The second kappa shape index (κ2) is 6.83. The molecule has 9 nitrogen and oxygen atoms in total. The molecule has 0 heterocycles. The Hall–Kier alpha value is -1.44. The van der Waals surface area contributed by atoms with Gasteiger partial charge in [0.15, 0.2) is 0 Å². The monoisotopic (exact) mass is 312 g/mol. The summed E-state index contributed by atoms with van der Waals surface area (Å²) in [5.41, 5.74) is -4.82. The lowest BCUT2D eigenvalue weighted by Gasteiger charge is -2.33. The molecule has 20 heavy (non-hydrogen) atoms. The zero-order valence-corrected chi connectivity index (χ0v) is 12.4. The summed E-state index contributed by atoms with van der Waals surface area (Å²) in [6, 6.07) is 0. The number of carboxylic acid groups (broad SMARTS) is 2. The van der Waals surface area contributed by atoms with Crippen LogP contribution >= 0.6 is 7.60 Å². The van der Waals surface area contributed by atoms with Gasteiger partial charge in [0.2, 0.25) is 0 Å². The maximum absolute atomic E-state index is 12.4. The lowest BCUT2D eigenvalue weighted by Crippen LogP contribution is -2.55. The summed E-state index contributed by atoms with van der Waals surface area (Å²) >= 11 is 0. The van der Waals surface area contributed by atoms with Crippen LogP contribution in [0.2, 0.25) is 0 Å². The van der Waals surface area contributed by atoms with Gasteiger partial charge in [0.25, 0.3) is 5.41 Å². The second-order valence-corrected chi connectivity index (χ2v) is 6.17. The normalized spacial score (nSPS) is 13.6. The summed E-state index contributed by atoms with van der Waals surface area (Å²) in [6.45, 7) is 1.36. The van der Waals surface area contributed by atoms with E-state index in [4.69, 9.17) is 0 Å². The Morgan fingerprint density at radius 1 is 1.10 bits per heavy atom. The first kappa shape index (κ1) is 18.6. The van der Waals surface area contributed by atoms with Gasteiger partial charge in [-0.1, -0.05) is 6.92 Å². The van der Waals surface area contributed by atoms with Crippen LogP contribution in [0.1, 0.15) is 13.3 Å². The molecular formula is C10H17O9P. The van der Waals surface area contributed by atoms with Gasteiger partial charge in [-0.2, -0.15) is 0 Å². The SMILES string of the molecule is CCC(C(C(=O)O)(C(=O)O)C(=O)OC)P(=O)(OC)OC. The minimum absolute atomic E-state index is 0.257. The molecule has 0 aliphatic rings. The van der Waals surface area contributed by atoms with Crippen molar-refractivity contribution in [3.05, 3.63) is 0 Å². The van der Waals surface area contributed by atoms with Gasteiger partial charge in [0.05, 0.1) is 12.8 Å². The first-order chi connectivity index (χ1) is 9.18. The van der Waals surface area contributed by atoms with Crippen LogP contribution in [-0.4, -0.2) is 55.1 Å². The van der Waals surface area contributed by atoms with Crippen LogP contribution in [0, 0.1) is 5.41 Å². The molecule has 0 aromatic heterocycles. The van der Waals surface area contributed by atoms with Crippen molar-refractivity contribution >= 4 is 25.5 Å². The van der Waals surface area contributed by atoms with Crippen LogP contribution in [0.25, 0.3) is 0 Å². The molecule has 1 unspecified atom stereocenters. The van der Waals surface area contributed by atoms with Gasteiger partial charge in [-0.3, -0.25) is 18.9 Å². The first-order valence-corrected chi connectivity index (χ1v) is 7.06. The molecule has 0 rings (SSSR count). The minimum atomic E-state index is -4.15. The molecule has 0 saturated heterocycles. The van der Waals surface area contributed by atoms with Gasteiger partial charge < -0.3 is 24.0 Å². The quantitative estimate of drug-likeness (QED) is 0.374. The molecular weight excluding hydrogens is 295 g/mol. The van der Waals surface area contributed by atoms with Crippen LogP contribution in [0.5, 0.6) is 0 Å². The fourth-order valence-electron chi connectivity index (χ4n) is 1.94. The van der Waals surface area contributed by atoms with E-state index in [1.54, 1.807) is 0 Å². The molecule has 0 aliphatic carbocycles. The van der Waals surface area contributed by atoms with Crippen LogP contribution in [0.15, 0.2) is 0 Å². The van der Waals surface area contributed by atoms with Crippen molar-refractivity contribution in [2.24, 2.45) is 5.41 Å². The van der Waals surface area contributed by atoms with Crippen LogP contribution in [0.4, 0.5) is 0 Å². The third kappa shape index (κ3) is 2.70. The maximum Gasteiger partial charge on any atom is 0.335 e. The number of rotatable bonds is 8. The predicted molar refractivity (Wildman–Crippen MR) is 65.4 cm³/mol. The number of methoxy groups -OCH3 is 1. The molecule has 116 valence electrons. The molecule has 0 aromatic carbocycles. The van der Waals surface area contributed by atoms with Crippen molar-refractivity contribution in [2.45, 2.75) is 19.0 Å². The molecule has 0 fully saturated rings. The van der Waals surface area contributed by atoms with E-state index in [-0.39, 0.29) is 6.42 Å². The largest absolute Gasteiger partial charge is 0.480 e. The molecule has 10 heteroatoms. The Balaban J connectivity index is 6.35. The zero-order chi connectivity index (χ0) is 16.1. The predicted octanol–water partition coefficient (Wildman–Crippen LogP) is 0.580. The van der Waals surface area contributed by atoms with E-state index >= 15 is 0 Å². The molecule has 1 atom stereocenters. The maximum atomic E-state index is 12.4. The third-order valence-electron chi connectivity index (χ3n) is 2.96. The van der Waals surface area contributed by atoms with E-state index in [1.807, 2.05) is 0 Å². The zero-order valence-electron chi connectivity index (χ0n) is 11.5. The summed E-state index contributed by atoms with van der Waals surface area (Å²) in [4.78, 5) is 34.6. The lowest BCUT2D eigenvalue weighted by atomic mass is 9.83. The van der Waals surface area contributed by atoms with Gasteiger partial charge in [-0.25, -0.2) is 0 Å². The van der Waals surface area contributed by atoms with E-state index in [2.05, 4.69) is 13.8 Å². The summed E-state index contributed by atoms with van der Waals surface area (Å²) in [5.74, 6) is -5.56. The number of aliphatic carboxylic acids is 2. The highest BCUT2D eigenvalue weighted by Gasteiger charge is 2.66. The van der Waals surface area contributed by atoms with Gasteiger partial charge >= 0.3 is 25.5 Å². The molecule has 0 aromatic rings. The topological polar surface area (TPSA) is 136 Å². The van der Waals surface area contributed by atoms with Crippen molar-refractivity contribution < 1.29 is 42.9 Å². The summed E-state index contributed by atoms with van der Waals surface area (Å²) in [7, 11) is -1.37. The van der Waals surface area contributed by atoms with Crippen molar-refractivity contribution in [3.63, 3.8) is 0 Å².